The van der Waals surface area contributed by atoms with Crippen LogP contribution >= 0.6 is 0 Å². The van der Waals surface area contributed by atoms with E-state index in [4.69, 9.17) is 6.42 Å². The highest BCUT2D eigenvalue weighted by atomic mass is 15.2. The molecule has 8 heavy (non-hydrogen) atoms. The molecule has 1 atom stereocenters. The van der Waals surface area contributed by atoms with Gasteiger partial charge in [0.1, 0.15) is 0 Å². The van der Waals surface area contributed by atoms with E-state index in [2.05, 4.69) is 13.0 Å². The van der Waals surface area contributed by atoms with E-state index in [0.29, 0.717) is 6.04 Å². The maximum absolute atomic E-state index is 5.16. The third-order valence-electron chi connectivity index (χ3n) is 1.98. The number of likely N-dealkylation sites (tertiary alicyclic amines) is 1. The summed E-state index contributed by atoms with van der Waals surface area (Å²) in [5, 5.41) is 0. The van der Waals surface area contributed by atoms with Crippen LogP contribution in [0, 0.1) is 12.5 Å². The molecule has 0 aromatic rings. The number of hydrogen-bond acceptors (Lipinski definition) is 1. The predicted molar refractivity (Wildman–Crippen MR) is 32.0 cm³/mol. The molecule has 0 aromatic carbocycles. The van der Waals surface area contributed by atoms with Crippen LogP contribution in [-0.2, 0) is 0 Å². The lowest BCUT2D eigenvalue weighted by Crippen LogP contribution is -2.34. The monoisotopic (exact) mass is 105 g/mol. The van der Waals surface area contributed by atoms with Crippen molar-refractivity contribution in [2.75, 3.05) is 6.54 Å². The van der Waals surface area contributed by atoms with Crippen molar-refractivity contribution in [3.63, 3.8) is 0 Å². The van der Waals surface area contributed by atoms with Gasteiger partial charge in [0.05, 0.1) is 12.6 Å². The van der Waals surface area contributed by atoms with Gasteiger partial charge in [0.2, 0.25) is 0 Å². The summed E-state index contributed by atoms with van der Waals surface area (Å²) in [6.45, 7) is 3.18. The second-order valence-electron chi connectivity index (χ2n) is 2.37. The second-order valence-corrected chi connectivity index (χ2v) is 2.37. The highest BCUT2D eigenvalue weighted by Gasteiger charge is 2.46. The molecule has 2 rings (SSSR count). The molecule has 1 heteroatoms. The molecule has 0 saturated carbocycles. The summed E-state index contributed by atoms with van der Waals surface area (Å²) < 4.78 is 0. The van der Waals surface area contributed by atoms with Crippen molar-refractivity contribution < 1.29 is 0 Å². The van der Waals surface area contributed by atoms with Gasteiger partial charge >= 0.3 is 0 Å². The Morgan fingerprint density at radius 2 is 2.62 bits per heavy atom. The molecule has 1 aliphatic heterocycles. The van der Waals surface area contributed by atoms with Crippen LogP contribution in [0.25, 0.3) is 0 Å². The van der Waals surface area contributed by atoms with E-state index in [9.17, 15) is 0 Å². The molecule has 0 bridgehead atoms. The van der Waals surface area contributed by atoms with E-state index in [-0.39, 0.29) is 0 Å². The summed E-state index contributed by atoms with van der Waals surface area (Å²) in [4.78, 5) is 2.02. The second kappa shape index (κ2) is 0.925. The average Bonchev–Trinajstić information content (AvgIpc) is 2.09. The van der Waals surface area contributed by atoms with E-state index in [1.54, 1.807) is 5.57 Å². The van der Waals surface area contributed by atoms with Crippen molar-refractivity contribution >= 4 is 0 Å². The van der Waals surface area contributed by atoms with E-state index in [1.165, 1.54) is 5.57 Å². The maximum Gasteiger partial charge on any atom is 0.0817 e. The average molecular weight is 105 g/mol. The number of rotatable bonds is 0. The topological polar surface area (TPSA) is 3.24 Å². The Morgan fingerprint density at radius 3 is 2.75 bits per heavy atom. The zero-order valence-corrected chi connectivity index (χ0v) is 4.81. The van der Waals surface area contributed by atoms with E-state index in [1.807, 2.05) is 4.90 Å². The lowest BCUT2D eigenvalue weighted by atomic mass is 10.2. The molecule has 0 radical (unpaired) electrons. The number of terminal acetylenes is 1. The lowest BCUT2D eigenvalue weighted by molar-refractivity contribution is 0.360. The highest BCUT2D eigenvalue weighted by molar-refractivity contribution is 5.54. The van der Waals surface area contributed by atoms with Crippen LogP contribution in [0.4, 0.5) is 0 Å². The fourth-order valence-corrected chi connectivity index (χ4v) is 1.29. The lowest BCUT2D eigenvalue weighted by Gasteiger charge is -2.25. The molecule has 0 spiro atoms. The summed E-state index contributed by atoms with van der Waals surface area (Å²) in [5.41, 5.74) is 3.07. The largest absolute Gasteiger partial charge is 0.317 e. The molecule has 1 heterocycles. The molecule has 1 fully saturated rings. The number of fused-ring (bicyclic) bond motifs is 1. The van der Waals surface area contributed by atoms with Crippen LogP contribution < -0.4 is 0 Å². The third-order valence-corrected chi connectivity index (χ3v) is 1.98. The fourth-order valence-electron chi connectivity index (χ4n) is 1.29. The molecule has 0 aromatic heterocycles. The van der Waals surface area contributed by atoms with E-state index >= 15 is 0 Å². The Morgan fingerprint density at radius 1 is 1.88 bits per heavy atom. The van der Waals surface area contributed by atoms with Gasteiger partial charge in [-0.3, -0.25) is 0 Å². The Hall–Kier alpha value is -0.900. The van der Waals surface area contributed by atoms with Crippen molar-refractivity contribution in [3.05, 3.63) is 11.1 Å². The van der Waals surface area contributed by atoms with Gasteiger partial charge in [-0.2, -0.15) is 0 Å². The smallest absolute Gasteiger partial charge is 0.0817 e. The Labute approximate surface area is 49.0 Å². The quantitative estimate of drug-likeness (QED) is 0.322. The summed E-state index contributed by atoms with van der Waals surface area (Å²) in [5.74, 6) is 0. The first-order valence-electron chi connectivity index (χ1n) is 2.77. The summed E-state index contributed by atoms with van der Waals surface area (Å²) in [6.07, 6.45) is 5.16. The van der Waals surface area contributed by atoms with Gasteiger partial charge < -0.3 is 4.90 Å². The van der Waals surface area contributed by atoms with Crippen molar-refractivity contribution in [1.29, 1.82) is 0 Å². The maximum atomic E-state index is 5.16. The van der Waals surface area contributed by atoms with Crippen molar-refractivity contribution in [1.82, 2.24) is 4.90 Å². The zero-order chi connectivity index (χ0) is 5.72. The Kier molecular flexibility index (Phi) is 0.465. The molecule has 1 saturated heterocycles. The van der Waals surface area contributed by atoms with Gasteiger partial charge in [0, 0.05) is 6.04 Å². The number of nitrogens with zero attached hydrogens (tertiary/aromatic N) is 1. The highest BCUT2D eigenvalue weighted by Crippen LogP contribution is 2.44. The first kappa shape index (κ1) is 4.03. The zero-order valence-electron chi connectivity index (χ0n) is 4.81. The van der Waals surface area contributed by atoms with Crippen LogP contribution in [0.5, 0.6) is 0 Å². The minimum atomic E-state index is 0.611. The summed E-state index contributed by atoms with van der Waals surface area (Å²) in [6, 6.07) is 3.23. The van der Waals surface area contributed by atoms with E-state index < -0.39 is 0 Å². The molecular weight excluding hydrogens is 98.1 g/mol. The SMILES string of the molecule is C#CN1CC2=C(C)[C@@H]21. The van der Waals surface area contributed by atoms with Crippen LogP contribution in [0.1, 0.15) is 6.92 Å². The van der Waals surface area contributed by atoms with Gasteiger partial charge in [-0.1, -0.05) is 6.42 Å². The molecule has 0 N–H and O–H groups in total. The molecule has 0 unspecified atom stereocenters. The number of hydrogen-bond donors (Lipinski definition) is 0. The fraction of sp³-hybridized carbons (Fsp3) is 0.429. The van der Waals surface area contributed by atoms with Crippen molar-refractivity contribution in [2.45, 2.75) is 13.0 Å². The standard InChI is InChI=1S/C7H7N/c1-3-8-4-6-5(2)7(6)8/h1,7H,4H2,2H3/t7-/m0/s1. The molecule has 1 aliphatic carbocycles. The van der Waals surface area contributed by atoms with Gasteiger partial charge in [0.25, 0.3) is 0 Å². The Bertz CT molecular complexity index is 201. The molecular formula is C7H7N. The molecule has 2 aliphatic rings. The van der Waals surface area contributed by atoms with Gasteiger partial charge in [-0.15, -0.1) is 0 Å². The molecule has 0 amide bonds. The van der Waals surface area contributed by atoms with Gasteiger partial charge in [-0.05, 0) is 18.1 Å². The predicted octanol–water partition coefficient (Wildman–Crippen LogP) is 0.591. The molecule has 1 nitrogen and oxygen atoms in total. The third kappa shape index (κ3) is 0.235. The Balaban J connectivity index is 2.12. The van der Waals surface area contributed by atoms with Gasteiger partial charge in [0.15, 0.2) is 0 Å². The summed E-state index contributed by atoms with van der Waals surface area (Å²) >= 11 is 0. The van der Waals surface area contributed by atoms with Crippen LogP contribution in [-0.4, -0.2) is 17.5 Å². The minimum Gasteiger partial charge on any atom is -0.317 e. The minimum absolute atomic E-state index is 0.611. The van der Waals surface area contributed by atoms with Crippen LogP contribution in [0.3, 0.4) is 0 Å². The van der Waals surface area contributed by atoms with Crippen molar-refractivity contribution in [3.8, 4) is 12.5 Å². The van der Waals surface area contributed by atoms with E-state index in [0.717, 1.165) is 6.54 Å². The molecule has 40 valence electrons. The van der Waals surface area contributed by atoms with Gasteiger partial charge in [-0.25, -0.2) is 0 Å². The van der Waals surface area contributed by atoms with Crippen molar-refractivity contribution in [2.24, 2.45) is 0 Å². The normalized spacial score (nSPS) is 31.0. The first-order valence-corrected chi connectivity index (χ1v) is 2.77. The summed E-state index contributed by atoms with van der Waals surface area (Å²) in [7, 11) is 0. The van der Waals surface area contributed by atoms with Crippen LogP contribution in [0.2, 0.25) is 0 Å². The van der Waals surface area contributed by atoms with Crippen LogP contribution in [0.15, 0.2) is 11.1 Å². The first-order chi connectivity index (χ1) is 3.84.